The molecule has 5 heteroatoms. The SMILES string of the molecule is CCCN(CCO)Cc1ccc(C(=N)N)c(OC)c1. The second-order valence-electron chi connectivity index (χ2n) is 4.45. The lowest BCUT2D eigenvalue weighted by molar-refractivity contribution is 0.190. The first-order chi connectivity index (χ1) is 9.12. The summed E-state index contributed by atoms with van der Waals surface area (Å²) in [7, 11) is 1.57. The molecule has 19 heavy (non-hydrogen) atoms. The van der Waals surface area contributed by atoms with Gasteiger partial charge in [-0.15, -0.1) is 0 Å². The normalized spacial score (nSPS) is 10.7. The molecule has 0 saturated carbocycles. The maximum atomic E-state index is 9.05. The Balaban J connectivity index is 2.86. The minimum Gasteiger partial charge on any atom is -0.496 e. The van der Waals surface area contributed by atoms with Crippen molar-refractivity contribution in [2.75, 3.05) is 26.8 Å². The zero-order valence-corrected chi connectivity index (χ0v) is 11.6. The van der Waals surface area contributed by atoms with Gasteiger partial charge in [-0.05, 0) is 30.7 Å². The molecule has 0 aliphatic heterocycles. The van der Waals surface area contributed by atoms with E-state index in [4.69, 9.17) is 21.0 Å². The van der Waals surface area contributed by atoms with Crippen molar-refractivity contribution in [1.82, 2.24) is 4.90 Å². The number of hydrogen-bond donors (Lipinski definition) is 3. The fourth-order valence-electron chi connectivity index (χ4n) is 2.04. The van der Waals surface area contributed by atoms with Crippen molar-refractivity contribution in [3.05, 3.63) is 29.3 Å². The van der Waals surface area contributed by atoms with Gasteiger partial charge in [0.25, 0.3) is 0 Å². The Kier molecular flexibility index (Phi) is 6.32. The molecule has 0 heterocycles. The fraction of sp³-hybridized carbons (Fsp3) is 0.500. The highest BCUT2D eigenvalue weighted by Gasteiger charge is 2.09. The van der Waals surface area contributed by atoms with Crippen molar-refractivity contribution < 1.29 is 9.84 Å². The van der Waals surface area contributed by atoms with Crippen LogP contribution in [0.2, 0.25) is 0 Å². The van der Waals surface area contributed by atoms with Crippen LogP contribution in [0, 0.1) is 5.41 Å². The molecule has 0 fully saturated rings. The first kappa shape index (κ1) is 15.5. The summed E-state index contributed by atoms with van der Waals surface area (Å²) in [6.07, 6.45) is 1.04. The van der Waals surface area contributed by atoms with E-state index < -0.39 is 0 Å². The van der Waals surface area contributed by atoms with Crippen molar-refractivity contribution in [2.45, 2.75) is 19.9 Å². The van der Waals surface area contributed by atoms with Gasteiger partial charge in [0.1, 0.15) is 11.6 Å². The average molecular weight is 265 g/mol. The Morgan fingerprint density at radius 3 is 2.68 bits per heavy atom. The molecule has 0 radical (unpaired) electrons. The van der Waals surface area contributed by atoms with Gasteiger partial charge in [-0.3, -0.25) is 10.3 Å². The highest BCUT2D eigenvalue weighted by Crippen LogP contribution is 2.20. The third-order valence-corrected chi connectivity index (χ3v) is 2.92. The van der Waals surface area contributed by atoms with Crippen LogP contribution >= 0.6 is 0 Å². The molecular weight excluding hydrogens is 242 g/mol. The van der Waals surface area contributed by atoms with Crippen LogP contribution in [0.1, 0.15) is 24.5 Å². The van der Waals surface area contributed by atoms with Crippen LogP contribution in [0.3, 0.4) is 0 Å². The summed E-state index contributed by atoms with van der Waals surface area (Å²) in [4.78, 5) is 2.18. The van der Waals surface area contributed by atoms with Crippen LogP contribution in [0.5, 0.6) is 5.75 Å². The third-order valence-electron chi connectivity index (χ3n) is 2.92. The minimum atomic E-state index is 0.00386. The van der Waals surface area contributed by atoms with E-state index in [2.05, 4.69) is 11.8 Å². The molecule has 0 saturated heterocycles. The van der Waals surface area contributed by atoms with E-state index in [0.717, 1.165) is 25.1 Å². The van der Waals surface area contributed by atoms with E-state index in [9.17, 15) is 0 Å². The van der Waals surface area contributed by atoms with Crippen LogP contribution < -0.4 is 10.5 Å². The molecule has 0 aliphatic rings. The molecule has 0 aliphatic carbocycles. The lowest BCUT2D eigenvalue weighted by Crippen LogP contribution is -2.27. The zero-order chi connectivity index (χ0) is 14.3. The van der Waals surface area contributed by atoms with Crippen LogP contribution in [0.4, 0.5) is 0 Å². The number of ether oxygens (including phenoxy) is 1. The van der Waals surface area contributed by atoms with Crippen LogP contribution in [-0.2, 0) is 6.54 Å². The molecule has 0 aromatic heterocycles. The number of nitrogen functional groups attached to an aromatic ring is 1. The third kappa shape index (κ3) is 4.54. The highest BCUT2D eigenvalue weighted by molar-refractivity contribution is 5.97. The van der Waals surface area contributed by atoms with Gasteiger partial charge in [-0.1, -0.05) is 13.0 Å². The zero-order valence-electron chi connectivity index (χ0n) is 11.6. The van der Waals surface area contributed by atoms with E-state index in [1.807, 2.05) is 12.1 Å². The molecular formula is C14H23N3O2. The number of aliphatic hydroxyl groups is 1. The van der Waals surface area contributed by atoms with Crippen molar-refractivity contribution in [3.8, 4) is 5.75 Å². The first-order valence-electron chi connectivity index (χ1n) is 6.46. The minimum absolute atomic E-state index is 0.00386. The molecule has 106 valence electrons. The van der Waals surface area contributed by atoms with E-state index >= 15 is 0 Å². The quantitative estimate of drug-likeness (QED) is 0.487. The van der Waals surface area contributed by atoms with Crippen LogP contribution in [-0.4, -0.2) is 42.6 Å². The number of aliphatic hydroxyl groups excluding tert-OH is 1. The number of amidine groups is 1. The number of nitrogens with two attached hydrogens (primary N) is 1. The topological polar surface area (TPSA) is 82.6 Å². The van der Waals surface area contributed by atoms with E-state index in [0.29, 0.717) is 17.9 Å². The highest BCUT2D eigenvalue weighted by atomic mass is 16.5. The Hall–Kier alpha value is -1.59. The van der Waals surface area contributed by atoms with Crippen molar-refractivity contribution >= 4 is 5.84 Å². The maximum absolute atomic E-state index is 9.05. The van der Waals surface area contributed by atoms with E-state index in [-0.39, 0.29) is 12.4 Å². The maximum Gasteiger partial charge on any atom is 0.130 e. The monoisotopic (exact) mass is 265 g/mol. The van der Waals surface area contributed by atoms with Crippen molar-refractivity contribution in [3.63, 3.8) is 0 Å². The van der Waals surface area contributed by atoms with Gasteiger partial charge < -0.3 is 15.6 Å². The molecule has 0 atom stereocenters. The molecule has 1 rings (SSSR count). The lowest BCUT2D eigenvalue weighted by atomic mass is 10.1. The molecule has 0 amide bonds. The summed E-state index contributed by atoms with van der Waals surface area (Å²) >= 11 is 0. The molecule has 1 aromatic carbocycles. The molecule has 4 N–H and O–H groups in total. The number of nitrogens with zero attached hydrogens (tertiary/aromatic N) is 1. The molecule has 0 unspecified atom stereocenters. The molecule has 5 nitrogen and oxygen atoms in total. The second kappa shape index (κ2) is 7.76. The molecule has 1 aromatic rings. The average Bonchev–Trinajstić information content (AvgIpc) is 2.38. The van der Waals surface area contributed by atoms with Crippen molar-refractivity contribution in [2.24, 2.45) is 5.73 Å². The smallest absolute Gasteiger partial charge is 0.130 e. The Morgan fingerprint density at radius 1 is 1.42 bits per heavy atom. The Labute approximate surface area is 114 Å². The van der Waals surface area contributed by atoms with Crippen LogP contribution in [0.15, 0.2) is 18.2 Å². The van der Waals surface area contributed by atoms with E-state index in [1.54, 1.807) is 13.2 Å². The number of methoxy groups -OCH3 is 1. The predicted octanol–water partition coefficient (Wildman–Crippen LogP) is 1.18. The van der Waals surface area contributed by atoms with Gasteiger partial charge >= 0.3 is 0 Å². The van der Waals surface area contributed by atoms with Gasteiger partial charge in [-0.25, -0.2) is 0 Å². The largest absolute Gasteiger partial charge is 0.496 e. The van der Waals surface area contributed by atoms with Gasteiger partial charge in [0, 0.05) is 13.1 Å². The number of rotatable bonds is 8. The van der Waals surface area contributed by atoms with Crippen molar-refractivity contribution in [1.29, 1.82) is 5.41 Å². The second-order valence-corrected chi connectivity index (χ2v) is 4.45. The summed E-state index contributed by atoms with van der Waals surface area (Å²) in [6.45, 7) is 4.62. The Bertz CT molecular complexity index is 415. The first-order valence-corrected chi connectivity index (χ1v) is 6.46. The van der Waals surface area contributed by atoms with E-state index in [1.165, 1.54) is 0 Å². The molecule has 0 bridgehead atoms. The fourth-order valence-corrected chi connectivity index (χ4v) is 2.04. The standard InChI is InChI=1S/C14H23N3O2/c1-3-6-17(7-8-18)10-11-4-5-12(14(15)16)13(9-11)19-2/h4-5,9,18H,3,6-8,10H2,1-2H3,(H3,15,16). The summed E-state index contributed by atoms with van der Waals surface area (Å²) < 4.78 is 5.26. The van der Waals surface area contributed by atoms with Gasteiger partial charge in [0.15, 0.2) is 0 Å². The predicted molar refractivity (Wildman–Crippen MR) is 76.7 cm³/mol. The number of benzene rings is 1. The number of nitrogens with one attached hydrogen (secondary N) is 1. The summed E-state index contributed by atoms with van der Waals surface area (Å²) in [5.41, 5.74) is 7.19. The summed E-state index contributed by atoms with van der Waals surface area (Å²) in [5, 5.41) is 16.5. The summed E-state index contributed by atoms with van der Waals surface area (Å²) in [5.74, 6) is 0.620. The summed E-state index contributed by atoms with van der Waals surface area (Å²) in [6, 6.07) is 5.65. The van der Waals surface area contributed by atoms with Gasteiger partial charge in [-0.2, -0.15) is 0 Å². The van der Waals surface area contributed by atoms with Gasteiger partial charge in [0.05, 0.1) is 19.3 Å². The number of hydrogen-bond acceptors (Lipinski definition) is 4. The Morgan fingerprint density at radius 2 is 2.16 bits per heavy atom. The molecule has 0 spiro atoms. The van der Waals surface area contributed by atoms with Crippen LogP contribution in [0.25, 0.3) is 0 Å². The van der Waals surface area contributed by atoms with Gasteiger partial charge in [0.2, 0.25) is 0 Å². The lowest BCUT2D eigenvalue weighted by Gasteiger charge is -2.21.